The van der Waals surface area contributed by atoms with Gasteiger partial charge in [-0.2, -0.15) is 0 Å². The highest BCUT2D eigenvalue weighted by Gasteiger charge is 2.39. The summed E-state index contributed by atoms with van der Waals surface area (Å²) >= 11 is 0. The third-order valence-corrected chi connectivity index (χ3v) is 10.4. The Morgan fingerprint density at radius 3 is 2.69 bits per heavy atom. The van der Waals surface area contributed by atoms with Gasteiger partial charge in [-0.05, 0) is 55.3 Å². The zero-order valence-corrected chi connectivity index (χ0v) is 30.0. The number of hydrogen-bond acceptors (Lipinski definition) is 9. The van der Waals surface area contributed by atoms with Gasteiger partial charge in [0.2, 0.25) is 11.8 Å². The van der Waals surface area contributed by atoms with Crippen molar-refractivity contribution in [3.05, 3.63) is 95.0 Å². The van der Waals surface area contributed by atoms with E-state index in [4.69, 9.17) is 9.97 Å². The van der Waals surface area contributed by atoms with Gasteiger partial charge in [-0.1, -0.05) is 30.9 Å². The lowest BCUT2D eigenvalue weighted by molar-refractivity contribution is -0.136. The molecule has 0 saturated carbocycles. The summed E-state index contributed by atoms with van der Waals surface area (Å²) in [5, 5.41) is 15.5. The van der Waals surface area contributed by atoms with Gasteiger partial charge in [-0.25, -0.2) is 9.97 Å². The molecule has 1 aromatic carbocycles. The first-order valence-electron chi connectivity index (χ1n) is 18.2. The van der Waals surface area contributed by atoms with E-state index in [-0.39, 0.29) is 36.4 Å². The average Bonchev–Trinajstić information content (AvgIpc) is 3.88. The first kappa shape index (κ1) is 34.9. The van der Waals surface area contributed by atoms with Crippen molar-refractivity contribution in [1.29, 1.82) is 0 Å². The molecular weight excluding hydrogens is 686 g/mol. The SMILES string of the molecule is CCc1nc(-c2cccc3c(-c4ccc(C(=O)NCCC#Cc5cccc6c5CN(C5CCC(=O)NC5=O)C6=O)nc4)ncn23)c2n1CCN(C(C)O)C2. The van der Waals surface area contributed by atoms with Gasteiger partial charge in [-0.15, -0.1) is 0 Å². The lowest BCUT2D eigenvalue weighted by Crippen LogP contribution is -2.52. The lowest BCUT2D eigenvalue weighted by atomic mass is 10.0. The number of nitrogens with one attached hydrogen (secondary N) is 2. The molecule has 4 aromatic heterocycles. The largest absolute Gasteiger partial charge is 0.379 e. The molecule has 0 bridgehead atoms. The van der Waals surface area contributed by atoms with Crippen molar-refractivity contribution < 1.29 is 24.3 Å². The number of fused-ring (bicyclic) bond motifs is 3. The van der Waals surface area contributed by atoms with Gasteiger partial charge in [0.15, 0.2) is 0 Å². The molecule has 274 valence electrons. The summed E-state index contributed by atoms with van der Waals surface area (Å²) in [6.45, 7) is 6.57. The number of rotatable bonds is 8. The van der Waals surface area contributed by atoms with Crippen molar-refractivity contribution in [1.82, 2.24) is 44.4 Å². The molecule has 3 aliphatic heterocycles. The molecule has 7 heterocycles. The Labute approximate surface area is 311 Å². The van der Waals surface area contributed by atoms with Crippen LogP contribution in [0.4, 0.5) is 0 Å². The third kappa shape index (κ3) is 6.31. The summed E-state index contributed by atoms with van der Waals surface area (Å²) in [4.78, 5) is 67.8. The second-order valence-corrected chi connectivity index (χ2v) is 13.7. The van der Waals surface area contributed by atoms with Crippen LogP contribution in [0.3, 0.4) is 0 Å². The van der Waals surface area contributed by atoms with E-state index in [1.165, 1.54) is 4.90 Å². The van der Waals surface area contributed by atoms with Crippen LogP contribution >= 0.6 is 0 Å². The van der Waals surface area contributed by atoms with Crippen molar-refractivity contribution in [2.45, 2.75) is 71.4 Å². The number of piperidine rings is 1. The highest BCUT2D eigenvalue weighted by molar-refractivity contribution is 6.05. The molecule has 1 fully saturated rings. The van der Waals surface area contributed by atoms with E-state index < -0.39 is 18.2 Å². The standard InChI is InChI=1S/C40H39N9O5/c1-3-34-44-37(33-22-46(24(2)50)18-19-47(33)34)31-12-7-11-30-36(43-23-49(30)31)26-13-14-29(42-20-26)38(52)41-17-5-4-8-25-9-6-10-27-28(25)21-48(40(27)54)32-15-16-35(51)45-39(32)53/h6-7,9-14,20,23-24,32,50H,3,5,15-19,21-22H2,1-2H3,(H,41,52)(H,45,51,53). The van der Waals surface area contributed by atoms with Crippen LogP contribution in [0.2, 0.25) is 0 Å². The van der Waals surface area contributed by atoms with Gasteiger partial charge < -0.3 is 19.9 Å². The van der Waals surface area contributed by atoms with Crippen LogP contribution in [0.25, 0.3) is 28.2 Å². The van der Waals surface area contributed by atoms with Crippen LogP contribution in [0.15, 0.2) is 61.1 Å². The number of aryl methyl sites for hydroxylation is 1. The summed E-state index contributed by atoms with van der Waals surface area (Å²) in [6, 6.07) is 14.2. The number of benzene rings is 1. The molecule has 3 aliphatic rings. The Kier molecular flexibility index (Phi) is 9.26. The number of carbonyl (C=O) groups is 4. The van der Waals surface area contributed by atoms with Crippen molar-refractivity contribution in [3.8, 4) is 34.5 Å². The second-order valence-electron chi connectivity index (χ2n) is 13.7. The molecule has 0 spiro atoms. The Hall–Kier alpha value is -6.17. The van der Waals surface area contributed by atoms with Crippen LogP contribution in [0.5, 0.6) is 0 Å². The Morgan fingerprint density at radius 2 is 1.91 bits per heavy atom. The van der Waals surface area contributed by atoms with E-state index in [1.54, 1.807) is 37.6 Å². The maximum atomic E-state index is 13.1. The molecule has 14 nitrogen and oxygen atoms in total. The van der Waals surface area contributed by atoms with Crippen LogP contribution in [-0.2, 0) is 35.6 Å². The van der Waals surface area contributed by atoms with Gasteiger partial charge in [0, 0.05) is 74.9 Å². The first-order chi connectivity index (χ1) is 26.2. The predicted octanol–water partition coefficient (Wildman–Crippen LogP) is 2.91. The fraction of sp³-hybridized carbons (Fsp3) is 0.325. The van der Waals surface area contributed by atoms with Gasteiger partial charge in [0.25, 0.3) is 11.8 Å². The molecule has 8 rings (SSSR count). The molecule has 1 saturated heterocycles. The molecule has 54 heavy (non-hydrogen) atoms. The molecule has 14 heteroatoms. The zero-order valence-electron chi connectivity index (χ0n) is 30.0. The number of aliphatic hydroxyl groups excluding tert-OH is 1. The number of amides is 4. The molecule has 3 N–H and O–H groups in total. The summed E-state index contributed by atoms with van der Waals surface area (Å²) in [5.41, 5.74) is 7.45. The number of aliphatic hydroxyl groups is 1. The zero-order chi connectivity index (χ0) is 37.5. The summed E-state index contributed by atoms with van der Waals surface area (Å²) in [5.74, 6) is 5.87. The molecule has 2 atom stereocenters. The lowest BCUT2D eigenvalue weighted by Gasteiger charge is -2.31. The fourth-order valence-electron chi connectivity index (χ4n) is 7.55. The van der Waals surface area contributed by atoms with Gasteiger partial charge in [0.1, 0.15) is 35.8 Å². The maximum Gasteiger partial charge on any atom is 0.269 e. The number of imide groups is 1. The van der Waals surface area contributed by atoms with E-state index in [2.05, 4.69) is 38.9 Å². The molecule has 5 aromatic rings. The van der Waals surface area contributed by atoms with Crippen LogP contribution in [-0.4, -0.2) is 87.8 Å². The smallest absolute Gasteiger partial charge is 0.269 e. The van der Waals surface area contributed by atoms with Gasteiger partial charge in [-0.3, -0.25) is 38.8 Å². The predicted molar refractivity (Wildman–Crippen MR) is 197 cm³/mol. The van der Waals surface area contributed by atoms with Crippen LogP contribution in [0, 0.1) is 11.8 Å². The van der Waals surface area contributed by atoms with E-state index >= 15 is 0 Å². The highest BCUT2D eigenvalue weighted by atomic mass is 16.3. The van der Waals surface area contributed by atoms with Gasteiger partial charge >= 0.3 is 0 Å². The first-order valence-corrected chi connectivity index (χ1v) is 18.2. The molecule has 4 amide bonds. The minimum Gasteiger partial charge on any atom is -0.379 e. The maximum absolute atomic E-state index is 13.1. The van der Waals surface area contributed by atoms with E-state index in [0.29, 0.717) is 37.1 Å². The Morgan fingerprint density at radius 1 is 1.06 bits per heavy atom. The van der Waals surface area contributed by atoms with E-state index in [0.717, 1.165) is 64.8 Å². The Bertz CT molecular complexity index is 2380. The van der Waals surface area contributed by atoms with Gasteiger partial charge in [0.05, 0.1) is 22.6 Å². The fourth-order valence-corrected chi connectivity index (χ4v) is 7.55. The minimum absolute atomic E-state index is 0.193. The van der Waals surface area contributed by atoms with Crippen molar-refractivity contribution in [3.63, 3.8) is 0 Å². The molecular formula is C40H39N9O5. The molecule has 0 radical (unpaired) electrons. The number of aromatic nitrogens is 5. The number of imidazole rings is 2. The van der Waals surface area contributed by atoms with Crippen molar-refractivity contribution in [2.75, 3.05) is 13.1 Å². The molecule has 0 aliphatic carbocycles. The minimum atomic E-state index is -0.690. The number of pyridine rings is 2. The monoisotopic (exact) mass is 725 g/mol. The quantitative estimate of drug-likeness (QED) is 0.124. The third-order valence-electron chi connectivity index (χ3n) is 10.4. The van der Waals surface area contributed by atoms with Crippen LogP contribution < -0.4 is 10.6 Å². The second kappa shape index (κ2) is 14.3. The topological polar surface area (TPSA) is 167 Å². The summed E-state index contributed by atoms with van der Waals surface area (Å²) in [6.07, 6.45) is 4.54. The normalized spacial score (nSPS) is 17.5. The average molecular weight is 726 g/mol. The molecule has 2 unspecified atom stereocenters. The number of hydrogen-bond donors (Lipinski definition) is 3. The number of nitrogens with zero attached hydrogens (tertiary/aromatic N) is 7. The van der Waals surface area contributed by atoms with Crippen molar-refractivity contribution in [2.24, 2.45) is 0 Å². The summed E-state index contributed by atoms with van der Waals surface area (Å²) in [7, 11) is 0. The van der Waals surface area contributed by atoms with E-state index in [9.17, 15) is 24.3 Å². The van der Waals surface area contributed by atoms with E-state index in [1.807, 2.05) is 39.6 Å². The highest BCUT2D eigenvalue weighted by Crippen LogP contribution is 2.33. The van der Waals surface area contributed by atoms with Crippen molar-refractivity contribution >= 4 is 29.1 Å². The summed E-state index contributed by atoms with van der Waals surface area (Å²) < 4.78 is 4.29. The number of carbonyl (C=O) groups excluding carboxylic acids is 4. The van der Waals surface area contributed by atoms with Crippen LogP contribution in [0.1, 0.15) is 76.6 Å². The Balaban J connectivity index is 0.919.